The predicted molar refractivity (Wildman–Crippen MR) is 85.8 cm³/mol. The average Bonchev–Trinajstić information content (AvgIpc) is 3.16. The van der Waals surface area contributed by atoms with Crippen LogP contribution in [-0.2, 0) is 9.53 Å². The van der Waals surface area contributed by atoms with Gasteiger partial charge < -0.3 is 14.8 Å². The summed E-state index contributed by atoms with van der Waals surface area (Å²) in [6.07, 6.45) is 2.49. The van der Waals surface area contributed by atoms with Gasteiger partial charge in [-0.1, -0.05) is 24.3 Å². The normalized spacial score (nSPS) is 16.1. The standard InChI is InChI=1S/C17H14N4O3/c22-17(16-14-6-1-2-7-15(14)23-11-24-16)20-12-4-3-5-13(8-12)21-9-18-19-10-21/h1-10,16H,11H2,(H,20,22)/t16-/m0/s1. The number of aromatic nitrogens is 3. The Balaban J connectivity index is 1.56. The molecule has 3 aromatic rings. The Morgan fingerprint density at radius 1 is 1.12 bits per heavy atom. The van der Waals surface area contributed by atoms with Crippen molar-refractivity contribution in [2.75, 3.05) is 12.1 Å². The zero-order valence-electron chi connectivity index (χ0n) is 12.6. The van der Waals surface area contributed by atoms with E-state index in [-0.39, 0.29) is 12.7 Å². The first-order valence-corrected chi connectivity index (χ1v) is 7.40. The van der Waals surface area contributed by atoms with Crippen LogP contribution < -0.4 is 10.1 Å². The highest BCUT2D eigenvalue weighted by Crippen LogP contribution is 2.32. The highest BCUT2D eigenvalue weighted by molar-refractivity contribution is 5.95. The number of benzene rings is 2. The van der Waals surface area contributed by atoms with Gasteiger partial charge in [0.15, 0.2) is 12.9 Å². The molecule has 0 unspecified atom stereocenters. The zero-order chi connectivity index (χ0) is 16.4. The molecule has 7 heteroatoms. The van der Waals surface area contributed by atoms with Crippen molar-refractivity contribution in [2.24, 2.45) is 0 Å². The molecule has 0 aliphatic carbocycles. The molecule has 4 rings (SSSR count). The lowest BCUT2D eigenvalue weighted by atomic mass is 10.1. The highest BCUT2D eigenvalue weighted by atomic mass is 16.7. The van der Waals surface area contributed by atoms with Gasteiger partial charge in [-0.05, 0) is 24.3 Å². The van der Waals surface area contributed by atoms with Crippen molar-refractivity contribution in [2.45, 2.75) is 6.10 Å². The second kappa shape index (κ2) is 6.13. The molecule has 120 valence electrons. The Bertz CT molecular complexity index is 864. The number of nitrogens with zero attached hydrogens (tertiary/aromatic N) is 3. The van der Waals surface area contributed by atoms with E-state index < -0.39 is 6.10 Å². The lowest BCUT2D eigenvalue weighted by molar-refractivity contribution is -0.136. The van der Waals surface area contributed by atoms with Crippen LogP contribution in [0.5, 0.6) is 5.75 Å². The van der Waals surface area contributed by atoms with Crippen LogP contribution in [-0.4, -0.2) is 27.5 Å². The smallest absolute Gasteiger partial charge is 0.258 e. The van der Waals surface area contributed by atoms with Gasteiger partial charge >= 0.3 is 0 Å². The molecule has 0 spiro atoms. The maximum Gasteiger partial charge on any atom is 0.258 e. The summed E-state index contributed by atoms with van der Waals surface area (Å²) >= 11 is 0. The monoisotopic (exact) mass is 322 g/mol. The fraction of sp³-hybridized carbons (Fsp3) is 0.118. The third-order valence-corrected chi connectivity index (χ3v) is 3.72. The predicted octanol–water partition coefficient (Wildman–Crippen LogP) is 2.31. The molecule has 0 saturated carbocycles. The molecule has 1 atom stereocenters. The van der Waals surface area contributed by atoms with Crippen molar-refractivity contribution >= 4 is 11.6 Å². The van der Waals surface area contributed by atoms with Crippen LogP contribution in [0.4, 0.5) is 5.69 Å². The fourth-order valence-electron chi connectivity index (χ4n) is 2.59. The number of para-hydroxylation sites is 1. The topological polar surface area (TPSA) is 78.3 Å². The second-order valence-electron chi connectivity index (χ2n) is 5.26. The van der Waals surface area contributed by atoms with E-state index >= 15 is 0 Å². The number of anilines is 1. The van der Waals surface area contributed by atoms with E-state index in [9.17, 15) is 4.79 Å². The van der Waals surface area contributed by atoms with E-state index in [2.05, 4.69) is 15.5 Å². The molecule has 1 N–H and O–H groups in total. The van der Waals surface area contributed by atoms with Crippen LogP contribution in [0.3, 0.4) is 0 Å². The third kappa shape index (κ3) is 2.72. The van der Waals surface area contributed by atoms with Gasteiger partial charge in [0.2, 0.25) is 0 Å². The SMILES string of the molecule is O=C(Nc1cccc(-n2cnnc2)c1)[C@H]1OCOc2ccccc21. The minimum Gasteiger partial charge on any atom is -0.467 e. The molecular formula is C17H14N4O3. The Kier molecular flexibility index (Phi) is 3.68. The van der Waals surface area contributed by atoms with Crippen molar-refractivity contribution < 1.29 is 14.3 Å². The molecule has 1 amide bonds. The van der Waals surface area contributed by atoms with Crippen LogP contribution in [0.15, 0.2) is 61.2 Å². The van der Waals surface area contributed by atoms with E-state index in [0.29, 0.717) is 11.4 Å². The molecule has 7 nitrogen and oxygen atoms in total. The van der Waals surface area contributed by atoms with Gasteiger partial charge in [-0.2, -0.15) is 0 Å². The molecule has 1 aliphatic heterocycles. The number of fused-ring (bicyclic) bond motifs is 1. The highest BCUT2D eigenvalue weighted by Gasteiger charge is 2.28. The van der Waals surface area contributed by atoms with Gasteiger partial charge in [-0.3, -0.25) is 9.36 Å². The Labute approximate surface area is 137 Å². The summed E-state index contributed by atoms with van der Waals surface area (Å²) in [6, 6.07) is 14.8. The van der Waals surface area contributed by atoms with Gasteiger partial charge in [-0.25, -0.2) is 0 Å². The maximum absolute atomic E-state index is 12.6. The Morgan fingerprint density at radius 2 is 1.96 bits per heavy atom. The van der Waals surface area contributed by atoms with Crippen LogP contribution in [0.25, 0.3) is 5.69 Å². The number of rotatable bonds is 3. The molecule has 0 bridgehead atoms. The number of nitrogens with one attached hydrogen (secondary N) is 1. The van der Waals surface area contributed by atoms with Crippen molar-refractivity contribution in [3.05, 3.63) is 66.7 Å². The third-order valence-electron chi connectivity index (χ3n) is 3.72. The van der Waals surface area contributed by atoms with Gasteiger partial charge in [-0.15, -0.1) is 10.2 Å². The summed E-state index contributed by atoms with van der Waals surface area (Å²) < 4.78 is 12.6. The van der Waals surface area contributed by atoms with Crippen LogP contribution >= 0.6 is 0 Å². The number of hydrogen-bond acceptors (Lipinski definition) is 5. The summed E-state index contributed by atoms with van der Waals surface area (Å²) in [6.45, 7) is 0.0514. The average molecular weight is 322 g/mol. The minimum atomic E-state index is -0.700. The first-order valence-electron chi connectivity index (χ1n) is 7.40. The van der Waals surface area contributed by atoms with Crippen molar-refractivity contribution in [3.8, 4) is 11.4 Å². The number of ether oxygens (including phenoxy) is 2. The quantitative estimate of drug-likeness (QED) is 0.800. The summed E-state index contributed by atoms with van der Waals surface area (Å²) in [7, 11) is 0. The number of carbonyl (C=O) groups excluding carboxylic acids is 1. The van der Waals surface area contributed by atoms with Crippen LogP contribution in [0.2, 0.25) is 0 Å². The van der Waals surface area contributed by atoms with Crippen LogP contribution in [0, 0.1) is 0 Å². The number of amides is 1. The molecule has 1 aliphatic rings. The molecular weight excluding hydrogens is 308 g/mol. The molecule has 0 fully saturated rings. The van der Waals surface area contributed by atoms with Gasteiger partial charge in [0.1, 0.15) is 18.4 Å². The summed E-state index contributed by atoms with van der Waals surface area (Å²) in [5.41, 5.74) is 2.24. The number of hydrogen-bond donors (Lipinski definition) is 1. The van der Waals surface area contributed by atoms with Crippen molar-refractivity contribution in [3.63, 3.8) is 0 Å². The van der Waals surface area contributed by atoms with E-state index in [1.807, 2.05) is 48.5 Å². The second-order valence-corrected chi connectivity index (χ2v) is 5.26. The largest absolute Gasteiger partial charge is 0.467 e. The lowest BCUT2D eigenvalue weighted by Gasteiger charge is -2.25. The summed E-state index contributed by atoms with van der Waals surface area (Å²) in [5, 5.41) is 10.4. The lowest BCUT2D eigenvalue weighted by Crippen LogP contribution is -2.28. The van der Waals surface area contributed by atoms with E-state index in [1.54, 1.807) is 17.2 Å². The van der Waals surface area contributed by atoms with Crippen molar-refractivity contribution in [1.82, 2.24) is 14.8 Å². The fourth-order valence-corrected chi connectivity index (χ4v) is 2.59. The van der Waals surface area contributed by atoms with E-state index in [1.165, 1.54) is 0 Å². The Morgan fingerprint density at radius 3 is 2.83 bits per heavy atom. The molecule has 2 heterocycles. The maximum atomic E-state index is 12.6. The number of carbonyl (C=O) groups is 1. The molecule has 0 radical (unpaired) electrons. The molecule has 0 saturated heterocycles. The van der Waals surface area contributed by atoms with Crippen LogP contribution in [0.1, 0.15) is 11.7 Å². The van der Waals surface area contributed by atoms with E-state index in [4.69, 9.17) is 9.47 Å². The van der Waals surface area contributed by atoms with Gasteiger partial charge in [0.05, 0.1) is 5.69 Å². The summed E-state index contributed by atoms with van der Waals surface area (Å²) in [4.78, 5) is 12.6. The molecule has 2 aromatic carbocycles. The zero-order valence-corrected chi connectivity index (χ0v) is 12.6. The first kappa shape index (κ1) is 14.4. The molecule has 1 aromatic heterocycles. The first-order chi connectivity index (χ1) is 11.8. The molecule has 24 heavy (non-hydrogen) atoms. The van der Waals surface area contributed by atoms with Gasteiger partial charge in [0, 0.05) is 11.3 Å². The Hall–Kier alpha value is -3.19. The summed E-state index contributed by atoms with van der Waals surface area (Å²) in [5.74, 6) is 0.425. The van der Waals surface area contributed by atoms with Crippen molar-refractivity contribution in [1.29, 1.82) is 0 Å². The van der Waals surface area contributed by atoms with E-state index in [0.717, 1.165) is 11.3 Å². The minimum absolute atomic E-state index is 0.0514. The van der Waals surface area contributed by atoms with Gasteiger partial charge in [0.25, 0.3) is 5.91 Å².